The first-order valence-electron chi connectivity index (χ1n) is 5.84. The van der Waals surface area contributed by atoms with Crippen LogP contribution in [0.2, 0.25) is 0 Å². The van der Waals surface area contributed by atoms with Crippen molar-refractivity contribution in [3.8, 4) is 0 Å². The average Bonchev–Trinajstić information content (AvgIpc) is 2.74. The molecule has 1 aromatic carbocycles. The molecule has 1 heterocycles. The maximum atomic E-state index is 12.3. The first-order chi connectivity index (χ1) is 8.11. The zero-order chi connectivity index (χ0) is 12.4. The Balaban J connectivity index is 2.17. The third-order valence-electron chi connectivity index (χ3n) is 3.35. The first-order valence-corrected chi connectivity index (χ1v) is 5.84. The molecule has 4 heteroatoms. The van der Waals surface area contributed by atoms with Crippen molar-refractivity contribution in [1.82, 2.24) is 4.90 Å². The summed E-state index contributed by atoms with van der Waals surface area (Å²) < 4.78 is 5.48. The molecule has 2 unspecified atom stereocenters. The van der Waals surface area contributed by atoms with Gasteiger partial charge in [-0.15, -0.1) is 0 Å². The Morgan fingerprint density at radius 2 is 2.18 bits per heavy atom. The van der Waals surface area contributed by atoms with Crippen LogP contribution in [0.4, 0.5) is 5.69 Å². The van der Waals surface area contributed by atoms with E-state index in [0.29, 0.717) is 17.9 Å². The minimum atomic E-state index is -0.0366. The maximum absolute atomic E-state index is 12.3. The summed E-state index contributed by atoms with van der Waals surface area (Å²) in [6.45, 7) is 2.71. The molecule has 1 aromatic rings. The number of nitrogen functional groups attached to an aromatic ring is 1. The molecule has 1 aliphatic heterocycles. The van der Waals surface area contributed by atoms with Crippen LogP contribution in [-0.2, 0) is 4.74 Å². The van der Waals surface area contributed by atoms with E-state index in [9.17, 15) is 4.79 Å². The van der Waals surface area contributed by atoms with Crippen LogP contribution in [0.3, 0.4) is 0 Å². The summed E-state index contributed by atoms with van der Waals surface area (Å²) in [5, 5.41) is 0. The number of carbonyl (C=O) groups excluding carboxylic acids is 1. The van der Waals surface area contributed by atoms with E-state index >= 15 is 0 Å². The van der Waals surface area contributed by atoms with E-state index < -0.39 is 0 Å². The Kier molecular flexibility index (Phi) is 3.33. The topological polar surface area (TPSA) is 55.6 Å². The van der Waals surface area contributed by atoms with Crippen molar-refractivity contribution in [2.75, 3.05) is 19.4 Å². The standard InChI is InChI=1S/C13H18N2O2/c1-9-12(7-8-17-9)15(2)13(16)10-5-3-4-6-11(10)14/h3-6,9,12H,7-8,14H2,1-2H3. The van der Waals surface area contributed by atoms with Gasteiger partial charge in [0.05, 0.1) is 17.7 Å². The van der Waals surface area contributed by atoms with Gasteiger partial charge in [-0.25, -0.2) is 0 Å². The monoisotopic (exact) mass is 234 g/mol. The molecule has 0 aromatic heterocycles. The van der Waals surface area contributed by atoms with E-state index in [2.05, 4.69) is 0 Å². The van der Waals surface area contributed by atoms with Crippen molar-refractivity contribution in [2.45, 2.75) is 25.5 Å². The summed E-state index contributed by atoms with van der Waals surface area (Å²) in [6, 6.07) is 7.30. The summed E-state index contributed by atoms with van der Waals surface area (Å²) >= 11 is 0. The Morgan fingerprint density at radius 1 is 1.47 bits per heavy atom. The van der Waals surface area contributed by atoms with Crippen molar-refractivity contribution in [1.29, 1.82) is 0 Å². The normalized spacial score (nSPS) is 23.6. The molecule has 0 saturated carbocycles. The van der Waals surface area contributed by atoms with Gasteiger partial charge >= 0.3 is 0 Å². The molecule has 2 N–H and O–H groups in total. The molecule has 1 saturated heterocycles. The molecule has 1 fully saturated rings. The van der Waals surface area contributed by atoms with E-state index in [0.717, 1.165) is 6.42 Å². The van der Waals surface area contributed by atoms with Crippen molar-refractivity contribution in [3.05, 3.63) is 29.8 Å². The van der Waals surface area contributed by atoms with Gasteiger partial charge < -0.3 is 15.4 Å². The SMILES string of the molecule is CC1OCCC1N(C)C(=O)c1ccccc1N. The Labute approximate surface area is 101 Å². The molecule has 1 aliphatic rings. The summed E-state index contributed by atoms with van der Waals surface area (Å²) in [5.74, 6) is -0.0366. The van der Waals surface area contributed by atoms with E-state index in [1.807, 2.05) is 26.1 Å². The third kappa shape index (κ3) is 2.26. The number of hydrogen-bond donors (Lipinski definition) is 1. The highest BCUT2D eigenvalue weighted by Crippen LogP contribution is 2.21. The molecule has 17 heavy (non-hydrogen) atoms. The molecule has 4 nitrogen and oxygen atoms in total. The predicted octanol–water partition coefficient (Wildman–Crippen LogP) is 1.52. The second-order valence-corrected chi connectivity index (χ2v) is 4.44. The summed E-state index contributed by atoms with van der Waals surface area (Å²) in [7, 11) is 1.81. The minimum absolute atomic E-state index is 0.0366. The largest absolute Gasteiger partial charge is 0.398 e. The molecule has 0 aliphatic carbocycles. The van der Waals surface area contributed by atoms with Crippen LogP contribution in [-0.4, -0.2) is 36.6 Å². The lowest BCUT2D eigenvalue weighted by Gasteiger charge is -2.27. The fourth-order valence-corrected chi connectivity index (χ4v) is 2.26. The van der Waals surface area contributed by atoms with E-state index in [1.165, 1.54) is 0 Å². The van der Waals surface area contributed by atoms with Gasteiger partial charge in [-0.3, -0.25) is 4.79 Å². The number of para-hydroxylation sites is 1. The zero-order valence-electron chi connectivity index (χ0n) is 10.2. The molecule has 2 atom stereocenters. The number of nitrogens with zero attached hydrogens (tertiary/aromatic N) is 1. The highest BCUT2D eigenvalue weighted by atomic mass is 16.5. The number of rotatable bonds is 2. The van der Waals surface area contributed by atoms with Crippen LogP contribution in [0.15, 0.2) is 24.3 Å². The molecule has 0 spiro atoms. The fraction of sp³-hybridized carbons (Fsp3) is 0.462. The van der Waals surface area contributed by atoms with Gasteiger partial charge in [0.1, 0.15) is 0 Å². The average molecular weight is 234 g/mol. The summed E-state index contributed by atoms with van der Waals surface area (Å²) in [4.78, 5) is 14.0. The number of hydrogen-bond acceptors (Lipinski definition) is 3. The van der Waals surface area contributed by atoms with Crippen LogP contribution in [0, 0.1) is 0 Å². The van der Waals surface area contributed by atoms with Gasteiger partial charge in [0.25, 0.3) is 5.91 Å². The first kappa shape index (κ1) is 11.9. The number of carbonyl (C=O) groups is 1. The zero-order valence-corrected chi connectivity index (χ0v) is 10.2. The fourth-order valence-electron chi connectivity index (χ4n) is 2.26. The van der Waals surface area contributed by atoms with Crippen LogP contribution in [0.5, 0.6) is 0 Å². The second-order valence-electron chi connectivity index (χ2n) is 4.44. The molecule has 92 valence electrons. The van der Waals surface area contributed by atoms with E-state index in [1.54, 1.807) is 17.0 Å². The molecule has 0 radical (unpaired) electrons. The Morgan fingerprint density at radius 3 is 2.76 bits per heavy atom. The number of anilines is 1. The molecule has 0 bridgehead atoms. The molecular weight excluding hydrogens is 216 g/mol. The lowest BCUT2D eigenvalue weighted by molar-refractivity contribution is 0.0575. The van der Waals surface area contributed by atoms with Gasteiger partial charge in [-0.1, -0.05) is 12.1 Å². The van der Waals surface area contributed by atoms with Crippen LogP contribution in [0.25, 0.3) is 0 Å². The lowest BCUT2D eigenvalue weighted by Crippen LogP contribution is -2.41. The van der Waals surface area contributed by atoms with Gasteiger partial charge in [0, 0.05) is 19.3 Å². The number of nitrogens with two attached hydrogens (primary N) is 1. The predicted molar refractivity (Wildman–Crippen MR) is 66.8 cm³/mol. The van der Waals surface area contributed by atoms with Crippen molar-refractivity contribution >= 4 is 11.6 Å². The van der Waals surface area contributed by atoms with Crippen molar-refractivity contribution < 1.29 is 9.53 Å². The van der Waals surface area contributed by atoms with Crippen LogP contribution in [0.1, 0.15) is 23.7 Å². The smallest absolute Gasteiger partial charge is 0.256 e. The molecular formula is C13H18N2O2. The minimum Gasteiger partial charge on any atom is -0.398 e. The quantitative estimate of drug-likeness (QED) is 0.789. The van der Waals surface area contributed by atoms with E-state index in [4.69, 9.17) is 10.5 Å². The highest BCUT2D eigenvalue weighted by molar-refractivity contribution is 5.99. The van der Waals surface area contributed by atoms with Gasteiger partial charge in [0.15, 0.2) is 0 Å². The number of benzene rings is 1. The number of likely N-dealkylation sites (N-methyl/N-ethyl adjacent to an activating group) is 1. The third-order valence-corrected chi connectivity index (χ3v) is 3.35. The number of ether oxygens (including phenoxy) is 1. The van der Waals surface area contributed by atoms with Crippen LogP contribution >= 0.6 is 0 Å². The number of amides is 1. The Hall–Kier alpha value is -1.55. The maximum Gasteiger partial charge on any atom is 0.256 e. The highest BCUT2D eigenvalue weighted by Gasteiger charge is 2.31. The second kappa shape index (κ2) is 4.75. The van der Waals surface area contributed by atoms with E-state index in [-0.39, 0.29) is 18.1 Å². The molecule has 1 amide bonds. The van der Waals surface area contributed by atoms with Crippen LogP contribution < -0.4 is 5.73 Å². The van der Waals surface area contributed by atoms with Gasteiger partial charge in [0.2, 0.25) is 0 Å². The van der Waals surface area contributed by atoms with Gasteiger partial charge in [-0.2, -0.15) is 0 Å². The van der Waals surface area contributed by atoms with Crippen molar-refractivity contribution in [2.24, 2.45) is 0 Å². The lowest BCUT2D eigenvalue weighted by atomic mass is 10.1. The summed E-state index contributed by atoms with van der Waals surface area (Å²) in [5.41, 5.74) is 6.90. The van der Waals surface area contributed by atoms with Gasteiger partial charge in [-0.05, 0) is 25.5 Å². The van der Waals surface area contributed by atoms with Crippen molar-refractivity contribution in [3.63, 3.8) is 0 Å². The Bertz CT molecular complexity index is 420. The molecule has 2 rings (SSSR count). The summed E-state index contributed by atoms with van der Waals surface area (Å²) in [6.07, 6.45) is 0.977.